The maximum absolute atomic E-state index is 12.6. The largest absolute Gasteiger partial charge is 0.497 e. The number of ether oxygens (including phenoxy) is 2. The first-order valence-corrected chi connectivity index (χ1v) is 11.0. The molecule has 7 nitrogen and oxygen atoms in total. The molecule has 28 heavy (non-hydrogen) atoms. The van der Waals surface area contributed by atoms with Crippen LogP contribution in [0.1, 0.15) is 27.5 Å². The highest BCUT2D eigenvalue weighted by atomic mass is 31.2. The molecule has 2 aromatic carbocycles. The van der Waals surface area contributed by atoms with E-state index in [-0.39, 0.29) is 30.0 Å². The number of aromatic carboxylic acids is 1. The Bertz CT molecular complexity index is 861. The van der Waals surface area contributed by atoms with Crippen molar-refractivity contribution >= 4 is 13.3 Å². The average molecular weight is 405 g/mol. The fourth-order valence-electron chi connectivity index (χ4n) is 3.24. The summed E-state index contributed by atoms with van der Waals surface area (Å²) >= 11 is 0. The molecule has 0 radical (unpaired) electrons. The van der Waals surface area contributed by atoms with Crippen LogP contribution in [-0.4, -0.2) is 48.5 Å². The highest BCUT2D eigenvalue weighted by Gasteiger charge is 2.29. The first-order valence-electron chi connectivity index (χ1n) is 8.98. The summed E-state index contributed by atoms with van der Waals surface area (Å²) in [6.07, 6.45) is -0.220. The van der Waals surface area contributed by atoms with E-state index >= 15 is 0 Å². The molecule has 1 fully saturated rings. The van der Waals surface area contributed by atoms with Crippen LogP contribution in [0.4, 0.5) is 0 Å². The van der Waals surface area contributed by atoms with Crippen molar-refractivity contribution in [1.29, 1.82) is 0 Å². The van der Waals surface area contributed by atoms with Gasteiger partial charge in [0.1, 0.15) is 5.75 Å². The Kier molecular flexibility index (Phi) is 6.52. The van der Waals surface area contributed by atoms with E-state index in [1.165, 1.54) is 0 Å². The van der Waals surface area contributed by atoms with Gasteiger partial charge in [0, 0.05) is 12.7 Å². The zero-order chi connectivity index (χ0) is 20.1. The fraction of sp³-hybridized carbons (Fsp3) is 0.350. The molecular weight excluding hydrogens is 381 g/mol. The van der Waals surface area contributed by atoms with Gasteiger partial charge >= 0.3 is 5.97 Å². The van der Waals surface area contributed by atoms with Gasteiger partial charge in [-0.25, -0.2) is 4.79 Å². The van der Waals surface area contributed by atoms with Crippen LogP contribution in [-0.2, 0) is 15.5 Å². The van der Waals surface area contributed by atoms with Crippen LogP contribution in [0.3, 0.4) is 0 Å². The summed E-state index contributed by atoms with van der Waals surface area (Å²) < 4.78 is 23.5. The summed E-state index contributed by atoms with van der Waals surface area (Å²) in [5.74, 6) is -0.273. The lowest BCUT2D eigenvalue weighted by atomic mass is 10.0. The van der Waals surface area contributed by atoms with Crippen molar-refractivity contribution in [3.63, 3.8) is 0 Å². The van der Waals surface area contributed by atoms with E-state index in [0.29, 0.717) is 18.9 Å². The lowest BCUT2D eigenvalue weighted by Gasteiger charge is -2.31. The Hall–Kier alpha value is -2.18. The molecule has 0 bridgehead atoms. The lowest BCUT2D eigenvalue weighted by molar-refractivity contribution is 0.0156. The third kappa shape index (κ3) is 5.42. The minimum Gasteiger partial charge on any atom is -0.497 e. The molecule has 3 rings (SSSR count). The van der Waals surface area contributed by atoms with E-state index < -0.39 is 13.3 Å². The van der Waals surface area contributed by atoms with Gasteiger partial charge < -0.3 is 24.8 Å². The molecule has 3 N–H and O–H groups in total. The van der Waals surface area contributed by atoms with Crippen LogP contribution in [0.15, 0.2) is 48.5 Å². The number of rotatable bonds is 7. The van der Waals surface area contributed by atoms with Crippen LogP contribution in [0.2, 0.25) is 0 Å². The molecular formula is C20H24NO6P. The van der Waals surface area contributed by atoms with Crippen molar-refractivity contribution < 1.29 is 28.8 Å². The van der Waals surface area contributed by atoms with Gasteiger partial charge in [0.2, 0.25) is 7.37 Å². The van der Waals surface area contributed by atoms with Crippen molar-refractivity contribution in [3.8, 4) is 5.75 Å². The van der Waals surface area contributed by atoms with E-state index in [1.807, 2.05) is 6.07 Å². The van der Waals surface area contributed by atoms with Crippen LogP contribution in [0.25, 0.3) is 0 Å². The second-order valence-corrected chi connectivity index (χ2v) is 9.26. The number of hydrogen-bond donors (Lipinski definition) is 3. The number of carboxylic acid groups (broad SMARTS) is 1. The summed E-state index contributed by atoms with van der Waals surface area (Å²) in [5, 5.41) is 12.4. The zero-order valence-corrected chi connectivity index (χ0v) is 16.5. The standard InChI is InChI=1S/C20H24NO6P/c1-26-17-7-5-14(6-8-17)12-28(24,25)13-18-10-21-19(11-27-18)15-3-2-4-16(9-15)20(22)23/h2-9,18-19,21H,10-13H2,1H3,(H,22,23)(H,24,25)/t18-,19+/m1/s1. The Balaban J connectivity index is 1.55. The smallest absolute Gasteiger partial charge is 0.335 e. The first-order chi connectivity index (χ1) is 13.4. The molecule has 2 aromatic rings. The number of carboxylic acids is 1. The lowest BCUT2D eigenvalue weighted by Crippen LogP contribution is -2.42. The third-order valence-electron chi connectivity index (χ3n) is 4.70. The average Bonchev–Trinajstić information content (AvgIpc) is 2.68. The highest BCUT2D eigenvalue weighted by molar-refractivity contribution is 7.57. The quantitative estimate of drug-likeness (QED) is 0.609. The molecule has 1 unspecified atom stereocenters. The van der Waals surface area contributed by atoms with Gasteiger partial charge in [-0.05, 0) is 35.4 Å². The maximum atomic E-state index is 12.6. The minimum absolute atomic E-state index is 0.0634. The van der Waals surface area contributed by atoms with Gasteiger partial charge in [-0.2, -0.15) is 0 Å². The zero-order valence-electron chi connectivity index (χ0n) is 15.6. The second kappa shape index (κ2) is 8.88. The van der Waals surface area contributed by atoms with Crippen LogP contribution >= 0.6 is 7.37 Å². The SMILES string of the molecule is COc1ccc(CP(=O)(O)C[C@H]2CN[C@H](c3cccc(C(=O)O)c3)CO2)cc1. The fourth-order valence-corrected chi connectivity index (χ4v) is 5.02. The number of carbonyl (C=O) groups is 1. The molecule has 150 valence electrons. The van der Waals surface area contributed by atoms with E-state index in [2.05, 4.69) is 5.32 Å². The molecule has 0 saturated carbocycles. The summed E-state index contributed by atoms with van der Waals surface area (Å²) in [6, 6.07) is 13.7. The van der Waals surface area contributed by atoms with Crippen molar-refractivity contribution in [3.05, 3.63) is 65.2 Å². The van der Waals surface area contributed by atoms with Gasteiger partial charge in [0.15, 0.2) is 0 Å². The monoisotopic (exact) mass is 405 g/mol. The molecule has 8 heteroatoms. The Labute approximate surface area is 163 Å². The molecule has 1 aliphatic heterocycles. The van der Waals surface area contributed by atoms with Gasteiger partial charge in [-0.1, -0.05) is 24.3 Å². The van der Waals surface area contributed by atoms with Crippen LogP contribution < -0.4 is 10.1 Å². The topological polar surface area (TPSA) is 105 Å². The van der Waals surface area contributed by atoms with E-state index in [1.54, 1.807) is 49.6 Å². The Morgan fingerprint density at radius 3 is 2.64 bits per heavy atom. The van der Waals surface area contributed by atoms with Crippen molar-refractivity contribution in [1.82, 2.24) is 5.32 Å². The van der Waals surface area contributed by atoms with Crippen molar-refractivity contribution in [2.75, 3.05) is 26.4 Å². The first kappa shape index (κ1) is 20.6. The van der Waals surface area contributed by atoms with E-state index in [0.717, 1.165) is 11.1 Å². The Morgan fingerprint density at radius 2 is 2.04 bits per heavy atom. The van der Waals surface area contributed by atoms with Crippen LogP contribution in [0.5, 0.6) is 5.75 Å². The molecule has 1 aliphatic rings. The normalized spacial score (nSPS) is 21.6. The van der Waals surface area contributed by atoms with Gasteiger partial charge in [-0.3, -0.25) is 4.57 Å². The summed E-state index contributed by atoms with van der Waals surface area (Å²) in [5.41, 5.74) is 1.82. The molecule has 0 aliphatic carbocycles. The summed E-state index contributed by atoms with van der Waals surface area (Å²) in [6.45, 7) is 0.741. The molecule has 0 aromatic heterocycles. The van der Waals surface area contributed by atoms with Crippen molar-refractivity contribution in [2.24, 2.45) is 0 Å². The molecule has 1 saturated heterocycles. The maximum Gasteiger partial charge on any atom is 0.335 e. The van der Waals surface area contributed by atoms with Crippen LogP contribution in [0, 0.1) is 0 Å². The second-order valence-electron chi connectivity index (χ2n) is 6.88. The molecule has 0 amide bonds. The van der Waals surface area contributed by atoms with Gasteiger partial charge in [-0.15, -0.1) is 0 Å². The summed E-state index contributed by atoms with van der Waals surface area (Å²) in [4.78, 5) is 21.5. The minimum atomic E-state index is -3.40. The third-order valence-corrected chi connectivity index (χ3v) is 6.54. The van der Waals surface area contributed by atoms with Gasteiger partial charge in [0.05, 0.1) is 37.6 Å². The number of hydrogen-bond acceptors (Lipinski definition) is 5. The number of morpholine rings is 1. The van der Waals surface area contributed by atoms with E-state index in [4.69, 9.17) is 14.6 Å². The molecule has 1 heterocycles. The molecule has 3 atom stereocenters. The predicted octanol–water partition coefficient (Wildman–Crippen LogP) is 2.89. The van der Waals surface area contributed by atoms with Gasteiger partial charge in [0.25, 0.3) is 0 Å². The number of nitrogens with one attached hydrogen (secondary N) is 1. The number of benzene rings is 2. The Morgan fingerprint density at radius 1 is 1.29 bits per heavy atom. The van der Waals surface area contributed by atoms with Crippen molar-refractivity contribution in [2.45, 2.75) is 18.3 Å². The predicted molar refractivity (Wildman–Crippen MR) is 105 cm³/mol. The number of methoxy groups -OCH3 is 1. The van der Waals surface area contributed by atoms with E-state index in [9.17, 15) is 14.3 Å². The highest BCUT2D eigenvalue weighted by Crippen LogP contribution is 2.46. The summed E-state index contributed by atoms with van der Waals surface area (Å²) in [7, 11) is -1.83. The molecule has 0 spiro atoms.